The number of hydrogen-bond acceptors (Lipinski definition) is 3. The van der Waals surface area contributed by atoms with Crippen molar-refractivity contribution in [1.29, 1.82) is 0 Å². The summed E-state index contributed by atoms with van der Waals surface area (Å²) in [5.74, 6) is 0. The van der Waals surface area contributed by atoms with E-state index in [1.165, 1.54) is 19.3 Å². The summed E-state index contributed by atoms with van der Waals surface area (Å²) in [5, 5.41) is 2.83. The van der Waals surface area contributed by atoms with Crippen molar-refractivity contribution >= 4 is 6.09 Å². The summed E-state index contributed by atoms with van der Waals surface area (Å²) in [5.41, 5.74) is 0. The number of rotatable bonds is 6. The van der Waals surface area contributed by atoms with Crippen molar-refractivity contribution in [2.75, 3.05) is 26.2 Å². The largest absolute Gasteiger partial charge is 0.446 e. The normalized spacial score (nSPS) is 17.1. The van der Waals surface area contributed by atoms with Crippen LogP contribution in [0.2, 0.25) is 0 Å². The van der Waals surface area contributed by atoms with E-state index in [2.05, 4.69) is 24.1 Å². The van der Waals surface area contributed by atoms with Gasteiger partial charge in [0.25, 0.3) is 0 Å². The van der Waals surface area contributed by atoms with Crippen LogP contribution in [-0.4, -0.2) is 43.3 Å². The number of hydrogen-bond donors (Lipinski definition) is 1. The van der Waals surface area contributed by atoms with Crippen molar-refractivity contribution in [2.45, 2.75) is 52.1 Å². The van der Waals surface area contributed by atoms with Crippen LogP contribution in [0.5, 0.6) is 0 Å². The second-order valence-electron chi connectivity index (χ2n) is 4.62. The summed E-state index contributed by atoms with van der Waals surface area (Å²) < 4.78 is 5.37. The number of amides is 1. The maximum atomic E-state index is 11.5. The summed E-state index contributed by atoms with van der Waals surface area (Å²) in [6, 6.07) is 0. The minimum Gasteiger partial charge on any atom is -0.446 e. The molecule has 1 rings (SSSR count). The van der Waals surface area contributed by atoms with Gasteiger partial charge in [-0.05, 0) is 38.8 Å². The molecule has 1 N–H and O–H groups in total. The first-order valence-electron chi connectivity index (χ1n) is 6.93. The molecule has 0 saturated heterocycles. The van der Waals surface area contributed by atoms with E-state index in [1.807, 2.05) is 0 Å². The van der Waals surface area contributed by atoms with Gasteiger partial charge < -0.3 is 15.0 Å². The zero-order valence-corrected chi connectivity index (χ0v) is 11.2. The van der Waals surface area contributed by atoms with Crippen LogP contribution in [-0.2, 0) is 4.74 Å². The second kappa shape index (κ2) is 8.34. The number of nitrogens with zero attached hydrogens (tertiary/aromatic N) is 1. The van der Waals surface area contributed by atoms with Crippen molar-refractivity contribution in [2.24, 2.45) is 0 Å². The van der Waals surface area contributed by atoms with E-state index in [0.717, 1.165) is 32.5 Å². The van der Waals surface area contributed by atoms with E-state index in [0.29, 0.717) is 6.54 Å². The standard InChI is InChI=1S/C13H26N2O2/c1-3-15(4-2)11-10-14-13(16)17-12-8-6-5-7-9-12/h12H,3-11H2,1-2H3,(H,14,16). The van der Waals surface area contributed by atoms with Gasteiger partial charge in [0.15, 0.2) is 0 Å². The maximum Gasteiger partial charge on any atom is 0.407 e. The number of carbonyl (C=O) groups excluding carboxylic acids is 1. The molecule has 17 heavy (non-hydrogen) atoms. The Morgan fingerprint density at radius 3 is 2.47 bits per heavy atom. The van der Waals surface area contributed by atoms with Crippen molar-refractivity contribution in [1.82, 2.24) is 10.2 Å². The highest BCUT2D eigenvalue weighted by Gasteiger charge is 2.17. The molecule has 1 amide bonds. The molecule has 100 valence electrons. The van der Waals surface area contributed by atoms with Crippen LogP contribution in [0.25, 0.3) is 0 Å². The van der Waals surface area contributed by atoms with Crippen LogP contribution in [0.15, 0.2) is 0 Å². The van der Waals surface area contributed by atoms with Gasteiger partial charge in [-0.3, -0.25) is 0 Å². The molecule has 0 bridgehead atoms. The third-order valence-electron chi connectivity index (χ3n) is 3.42. The molecule has 0 spiro atoms. The topological polar surface area (TPSA) is 41.6 Å². The molecule has 1 aliphatic carbocycles. The number of likely N-dealkylation sites (N-methyl/N-ethyl adjacent to an activating group) is 1. The Morgan fingerprint density at radius 2 is 1.88 bits per heavy atom. The SMILES string of the molecule is CCN(CC)CCNC(=O)OC1CCCCC1. The quantitative estimate of drug-likeness (QED) is 0.777. The minimum absolute atomic E-state index is 0.150. The number of carbonyl (C=O) groups is 1. The second-order valence-corrected chi connectivity index (χ2v) is 4.62. The van der Waals surface area contributed by atoms with E-state index >= 15 is 0 Å². The Labute approximate surface area is 105 Å². The van der Waals surface area contributed by atoms with Gasteiger partial charge in [0.1, 0.15) is 6.10 Å². The molecule has 4 heteroatoms. The van der Waals surface area contributed by atoms with Crippen LogP contribution >= 0.6 is 0 Å². The lowest BCUT2D eigenvalue weighted by atomic mass is 9.98. The molecule has 1 fully saturated rings. The summed E-state index contributed by atoms with van der Waals surface area (Å²) >= 11 is 0. The number of nitrogens with one attached hydrogen (secondary N) is 1. The maximum absolute atomic E-state index is 11.5. The lowest BCUT2D eigenvalue weighted by Crippen LogP contribution is -2.36. The van der Waals surface area contributed by atoms with E-state index < -0.39 is 0 Å². The smallest absolute Gasteiger partial charge is 0.407 e. The Balaban J connectivity index is 2.07. The van der Waals surface area contributed by atoms with E-state index in [1.54, 1.807) is 0 Å². The Kier molecular flexibility index (Phi) is 7.01. The van der Waals surface area contributed by atoms with Crippen molar-refractivity contribution in [3.8, 4) is 0 Å². The highest BCUT2D eigenvalue weighted by molar-refractivity contribution is 5.67. The molecule has 4 nitrogen and oxygen atoms in total. The van der Waals surface area contributed by atoms with Gasteiger partial charge in [0.05, 0.1) is 0 Å². The molecular formula is C13H26N2O2. The van der Waals surface area contributed by atoms with Crippen LogP contribution in [0.4, 0.5) is 4.79 Å². The van der Waals surface area contributed by atoms with Gasteiger partial charge in [-0.2, -0.15) is 0 Å². The molecule has 0 aromatic rings. The Hall–Kier alpha value is -0.770. The van der Waals surface area contributed by atoms with E-state index in [4.69, 9.17) is 4.74 Å². The van der Waals surface area contributed by atoms with Crippen LogP contribution in [0, 0.1) is 0 Å². The minimum atomic E-state index is -0.246. The summed E-state index contributed by atoms with van der Waals surface area (Å²) in [4.78, 5) is 13.8. The molecule has 0 heterocycles. The molecule has 0 atom stereocenters. The molecule has 1 saturated carbocycles. The fourth-order valence-corrected chi connectivity index (χ4v) is 2.23. The Bertz CT molecular complexity index is 211. The van der Waals surface area contributed by atoms with Crippen LogP contribution in [0.1, 0.15) is 46.0 Å². The zero-order chi connectivity index (χ0) is 12.5. The fourth-order valence-electron chi connectivity index (χ4n) is 2.23. The van der Waals surface area contributed by atoms with Gasteiger partial charge in [0.2, 0.25) is 0 Å². The zero-order valence-electron chi connectivity index (χ0n) is 11.2. The molecular weight excluding hydrogens is 216 g/mol. The van der Waals surface area contributed by atoms with Gasteiger partial charge in [-0.15, -0.1) is 0 Å². The highest BCUT2D eigenvalue weighted by Crippen LogP contribution is 2.20. The monoisotopic (exact) mass is 242 g/mol. The van der Waals surface area contributed by atoms with Crippen molar-refractivity contribution in [3.05, 3.63) is 0 Å². The van der Waals surface area contributed by atoms with Gasteiger partial charge >= 0.3 is 6.09 Å². The predicted molar refractivity (Wildman–Crippen MR) is 69.1 cm³/mol. The lowest BCUT2D eigenvalue weighted by molar-refractivity contribution is 0.0748. The van der Waals surface area contributed by atoms with E-state index in [9.17, 15) is 4.79 Å². The number of ether oxygens (including phenoxy) is 1. The van der Waals surface area contributed by atoms with Gasteiger partial charge in [-0.25, -0.2) is 4.79 Å². The van der Waals surface area contributed by atoms with Gasteiger partial charge in [0, 0.05) is 13.1 Å². The molecule has 1 aliphatic rings. The van der Waals surface area contributed by atoms with Crippen molar-refractivity contribution < 1.29 is 9.53 Å². The summed E-state index contributed by atoms with van der Waals surface area (Å²) in [6.45, 7) is 7.87. The lowest BCUT2D eigenvalue weighted by Gasteiger charge is -2.22. The van der Waals surface area contributed by atoms with Crippen molar-refractivity contribution in [3.63, 3.8) is 0 Å². The third-order valence-corrected chi connectivity index (χ3v) is 3.42. The molecule has 0 aromatic heterocycles. The van der Waals surface area contributed by atoms with Gasteiger partial charge in [-0.1, -0.05) is 20.3 Å². The predicted octanol–water partition coefficient (Wildman–Crippen LogP) is 2.39. The summed E-state index contributed by atoms with van der Waals surface area (Å²) in [7, 11) is 0. The molecule has 0 aliphatic heterocycles. The summed E-state index contributed by atoms with van der Waals surface area (Å²) in [6.07, 6.45) is 5.63. The molecule has 0 radical (unpaired) electrons. The fraction of sp³-hybridized carbons (Fsp3) is 0.923. The Morgan fingerprint density at radius 1 is 1.24 bits per heavy atom. The average molecular weight is 242 g/mol. The molecule has 0 unspecified atom stereocenters. The van der Waals surface area contributed by atoms with Crippen LogP contribution < -0.4 is 5.32 Å². The highest BCUT2D eigenvalue weighted by atomic mass is 16.6. The first kappa shape index (κ1) is 14.3. The third kappa shape index (κ3) is 5.91. The first-order valence-corrected chi connectivity index (χ1v) is 6.93. The first-order chi connectivity index (χ1) is 8.26. The van der Waals surface area contributed by atoms with Crippen LogP contribution in [0.3, 0.4) is 0 Å². The van der Waals surface area contributed by atoms with E-state index in [-0.39, 0.29) is 12.2 Å². The number of alkyl carbamates (subject to hydrolysis) is 1. The average Bonchev–Trinajstić information content (AvgIpc) is 2.36. The molecule has 0 aromatic carbocycles.